The van der Waals surface area contributed by atoms with E-state index in [1.165, 1.54) is 15.3 Å². The van der Waals surface area contributed by atoms with Gasteiger partial charge in [-0.3, -0.25) is 10.2 Å². The first kappa shape index (κ1) is 19.1. The average Bonchev–Trinajstić information content (AvgIpc) is 3.11. The normalized spacial score (nSPS) is 18.2. The van der Waals surface area contributed by atoms with Gasteiger partial charge in [-0.15, -0.1) is 0 Å². The number of hydrogen-bond acceptors (Lipinski definition) is 4. The Morgan fingerprint density at radius 1 is 1.11 bits per heavy atom. The molecule has 1 aliphatic rings. The smallest absolute Gasteiger partial charge is 0.257 e. The van der Waals surface area contributed by atoms with Crippen LogP contribution in [0, 0.1) is 0 Å². The summed E-state index contributed by atoms with van der Waals surface area (Å²) in [7, 11) is -3.77. The lowest BCUT2D eigenvalue weighted by Gasteiger charge is -2.33. The quantitative estimate of drug-likeness (QED) is 0.645. The average molecular weight is 463 g/mol. The number of aromatic nitrogens is 2. The van der Waals surface area contributed by atoms with Crippen molar-refractivity contribution in [2.24, 2.45) is 0 Å². The summed E-state index contributed by atoms with van der Waals surface area (Å²) in [6, 6.07) is 13.1. The molecule has 1 saturated heterocycles. The molecule has 0 radical (unpaired) electrons. The van der Waals surface area contributed by atoms with E-state index in [4.69, 9.17) is 0 Å². The topological polar surface area (TPSA) is 84.3 Å². The molecule has 28 heavy (non-hydrogen) atoms. The number of carbonyl (C=O) groups is 1. The van der Waals surface area contributed by atoms with Crippen molar-refractivity contribution in [1.29, 1.82) is 0 Å². The monoisotopic (exact) mass is 462 g/mol. The number of piperidine rings is 1. The summed E-state index contributed by atoms with van der Waals surface area (Å²) < 4.78 is 29.9. The van der Waals surface area contributed by atoms with Gasteiger partial charge in [0.2, 0.25) is 10.0 Å². The molecule has 1 unspecified atom stereocenters. The maximum atomic E-state index is 13.1. The summed E-state index contributed by atoms with van der Waals surface area (Å²) >= 11 is 3.32. The fourth-order valence-electron chi connectivity index (χ4n) is 3.44. The molecule has 1 fully saturated rings. The number of benzene rings is 2. The van der Waals surface area contributed by atoms with Crippen molar-refractivity contribution in [2.75, 3.05) is 12.0 Å². The van der Waals surface area contributed by atoms with Gasteiger partial charge in [-0.1, -0.05) is 34.5 Å². The van der Waals surface area contributed by atoms with Crippen LogP contribution in [0.25, 0.3) is 11.0 Å². The van der Waals surface area contributed by atoms with E-state index in [1.54, 1.807) is 24.3 Å². The zero-order valence-electron chi connectivity index (χ0n) is 15.0. The van der Waals surface area contributed by atoms with Crippen LogP contribution < -0.4 is 5.43 Å². The predicted octanol–water partition coefficient (Wildman–Crippen LogP) is 3.11. The van der Waals surface area contributed by atoms with Gasteiger partial charge in [0.05, 0.1) is 15.9 Å². The lowest BCUT2D eigenvalue weighted by molar-refractivity contribution is -0.121. The Morgan fingerprint density at radius 2 is 1.86 bits per heavy atom. The second-order valence-electron chi connectivity index (χ2n) is 6.66. The molecule has 1 amide bonds. The van der Waals surface area contributed by atoms with E-state index in [1.807, 2.05) is 24.3 Å². The summed E-state index contributed by atoms with van der Waals surface area (Å²) in [6.07, 6.45) is 3.54. The van der Waals surface area contributed by atoms with E-state index >= 15 is 0 Å². The number of amides is 1. The molecular weight excluding hydrogens is 444 g/mol. The van der Waals surface area contributed by atoms with Crippen LogP contribution in [-0.2, 0) is 14.8 Å². The van der Waals surface area contributed by atoms with E-state index in [9.17, 15) is 13.2 Å². The highest BCUT2D eigenvalue weighted by atomic mass is 79.9. The second kappa shape index (κ2) is 7.65. The number of rotatable bonds is 4. The summed E-state index contributed by atoms with van der Waals surface area (Å²) in [5.74, 6) is -0.358. The minimum absolute atomic E-state index is 0.184. The lowest BCUT2D eigenvalue weighted by atomic mass is 10.0. The maximum Gasteiger partial charge on any atom is 0.257 e. The number of para-hydroxylation sites is 2. The van der Waals surface area contributed by atoms with Gasteiger partial charge in [-0.2, -0.15) is 4.31 Å². The third-order valence-corrected chi connectivity index (χ3v) is 7.31. The molecule has 1 aromatic heterocycles. The van der Waals surface area contributed by atoms with Crippen LogP contribution in [0.2, 0.25) is 0 Å². The third-order valence-electron chi connectivity index (χ3n) is 4.86. The zero-order chi connectivity index (χ0) is 19.7. The minimum atomic E-state index is -3.77. The van der Waals surface area contributed by atoms with Crippen LogP contribution in [0.5, 0.6) is 0 Å². The first-order chi connectivity index (χ1) is 13.5. The van der Waals surface area contributed by atoms with E-state index in [2.05, 4.69) is 26.3 Å². The molecule has 2 aromatic carbocycles. The maximum absolute atomic E-state index is 13.1. The van der Waals surface area contributed by atoms with Gasteiger partial charge in [0, 0.05) is 11.0 Å². The molecular formula is C19H19BrN4O3S. The van der Waals surface area contributed by atoms with Crippen LogP contribution in [-0.4, -0.2) is 40.9 Å². The predicted molar refractivity (Wildman–Crippen MR) is 110 cm³/mol. The minimum Gasteiger partial charge on any atom is -0.271 e. The Kier molecular flexibility index (Phi) is 5.22. The number of sulfonamides is 1. The number of carbonyl (C=O) groups excluding carboxylic acids is 1. The van der Waals surface area contributed by atoms with Crippen molar-refractivity contribution in [3.8, 4) is 0 Å². The standard InChI is InChI=1S/C19H19BrN4O3S/c20-14-8-10-15(11-9-14)28(26,27)24-12-4-3-7-18(24)19(25)22-23-13-21-16-5-1-2-6-17(16)23/h1-2,5-6,8-11,13,18H,3-4,7,12H2,(H,22,25). The Morgan fingerprint density at radius 3 is 2.64 bits per heavy atom. The number of nitrogens with one attached hydrogen (secondary N) is 1. The van der Waals surface area contributed by atoms with Crippen LogP contribution in [0.15, 0.2) is 64.2 Å². The first-order valence-electron chi connectivity index (χ1n) is 8.97. The highest BCUT2D eigenvalue weighted by molar-refractivity contribution is 9.10. The fourth-order valence-corrected chi connectivity index (χ4v) is 5.36. The zero-order valence-corrected chi connectivity index (χ0v) is 17.4. The fraction of sp³-hybridized carbons (Fsp3) is 0.263. The van der Waals surface area contributed by atoms with Gasteiger partial charge < -0.3 is 0 Å². The van der Waals surface area contributed by atoms with Crippen LogP contribution in [0.3, 0.4) is 0 Å². The van der Waals surface area contributed by atoms with E-state index in [-0.39, 0.29) is 10.8 Å². The summed E-state index contributed by atoms with van der Waals surface area (Å²) in [6.45, 7) is 0.321. The van der Waals surface area contributed by atoms with Crippen molar-refractivity contribution in [2.45, 2.75) is 30.2 Å². The molecule has 146 valence electrons. The number of fused-ring (bicyclic) bond motifs is 1. The summed E-state index contributed by atoms with van der Waals surface area (Å²) in [5, 5.41) is 0. The highest BCUT2D eigenvalue weighted by Gasteiger charge is 2.37. The van der Waals surface area contributed by atoms with Crippen LogP contribution in [0.1, 0.15) is 19.3 Å². The molecule has 0 bridgehead atoms. The van der Waals surface area contributed by atoms with E-state index < -0.39 is 16.1 Å². The van der Waals surface area contributed by atoms with Crippen molar-refractivity contribution in [3.05, 3.63) is 59.3 Å². The number of hydrogen-bond donors (Lipinski definition) is 1. The molecule has 1 aliphatic heterocycles. The molecule has 2 heterocycles. The summed E-state index contributed by atoms with van der Waals surface area (Å²) in [4.78, 5) is 17.4. The molecule has 0 aliphatic carbocycles. The second-order valence-corrected chi connectivity index (χ2v) is 9.47. The molecule has 0 spiro atoms. The SMILES string of the molecule is O=C(Nn1cnc2ccccc21)C1CCCCN1S(=O)(=O)c1ccc(Br)cc1. The molecule has 1 N–H and O–H groups in total. The van der Waals surface area contributed by atoms with Crippen molar-refractivity contribution in [1.82, 2.24) is 14.0 Å². The van der Waals surface area contributed by atoms with Gasteiger partial charge >= 0.3 is 0 Å². The van der Waals surface area contributed by atoms with Crippen LogP contribution >= 0.6 is 15.9 Å². The molecule has 3 aromatic rings. The Bertz CT molecular complexity index is 1110. The number of nitrogens with zero attached hydrogens (tertiary/aromatic N) is 3. The molecule has 1 atom stereocenters. The van der Waals surface area contributed by atoms with Gasteiger partial charge in [0.1, 0.15) is 12.4 Å². The van der Waals surface area contributed by atoms with Crippen molar-refractivity contribution in [3.63, 3.8) is 0 Å². The van der Waals surface area contributed by atoms with Gasteiger partial charge in [-0.25, -0.2) is 18.1 Å². The lowest BCUT2D eigenvalue weighted by Crippen LogP contribution is -2.51. The Hall–Kier alpha value is -2.23. The van der Waals surface area contributed by atoms with Crippen molar-refractivity contribution >= 4 is 42.9 Å². The third kappa shape index (κ3) is 3.57. The van der Waals surface area contributed by atoms with Gasteiger partial charge in [0.25, 0.3) is 5.91 Å². The summed E-state index contributed by atoms with van der Waals surface area (Å²) in [5.41, 5.74) is 4.31. The Balaban J connectivity index is 1.61. The Labute approximate surface area is 171 Å². The number of halogens is 1. The molecule has 4 rings (SSSR count). The first-order valence-corrected chi connectivity index (χ1v) is 11.2. The highest BCUT2D eigenvalue weighted by Crippen LogP contribution is 2.26. The van der Waals surface area contributed by atoms with Crippen molar-refractivity contribution < 1.29 is 13.2 Å². The van der Waals surface area contributed by atoms with Gasteiger partial charge in [0.15, 0.2) is 0 Å². The number of imidazole rings is 1. The molecule has 7 nitrogen and oxygen atoms in total. The van der Waals surface area contributed by atoms with E-state index in [0.717, 1.165) is 28.3 Å². The van der Waals surface area contributed by atoms with Crippen LogP contribution in [0.4, 0.5) is 0 Å². The molecule has 0 saturated carbocycles. The molecule has 9 heteroatoms. The largest absolute Gasteiger partial charge is 0.271 e. The van der Waals surface area contributed by atoms with Gasteiger partial charge in [-0.05, 0) is 49.2 Å². The van der Waals surface area contributed by atoms with E-state index in [0.29, 0.717) is 13.0 Å².